The average Bonchev–Trinajstić information content (AvgIpc) is 2.75. The van der Waals surface area contributed by atoms with Crippen LogP contribution in [0.4, 0.5) is 0 Å². The first-order valence-electron chi connectivity index (χ1n) is 6.42. The third-order valence-electron chi connectivity index (χ3n) is 3.83. The van der Waals surface area contributed by atoms with E-state index in [-0.39, 0.29) is 0 Å². The van der Waals surface area contributed by atoms with E-state index < -0.39 is 0 Å². The molecule has 0 bridgehead atoms. The second-order valence-corrected chi connectivity index (χ2v) is 5.36. The summed E-state index contributed by atoms with van der Waals surface area (Å²) in [6, 6.07) is 0.979. The quantitative estimate of drug-likeness (QED) is 0.824. The number of aromatic amines is 1. The first-order chi connectivity index (χ1) is 7.66. The van der Waals surface area contributed by atoms with Gasteiger partial charge in [0.25, 0.3) is 0 Å². The number of rotatable bonds is 3. The zero-order valence-corrected chi connectivity index (χ0v) is 10.5. The largest absolute Gasteiger partial charge is 0.347 e. The molecule has 3 heteroatoms. The molecule has 1 fully saturated rings. The normalized spacial score (nSPS) is 32.6. The van der Waals surface area contributed by atoms with Crippen molar-refractivity contribution < 1.29 is 0 Å². The van der Waals surface area contributed by atoms with Crippen molar-refractivity contribution in [2.45, 2.75) is 52.1 Å². The van der Waals surface area contributed by atoms with Gasteiger partial charge < -0.3 is 10.3 Å². The van der Waals surface area contributed by atoms with Gasteiger partial charge in [0.1, 0.15) is 5.82 Å². The van der Waals surface area contributed by atoms with Gasteiger partial charge in [-0.15, -0.1) is 0 Å². The zero-order chi connectivity index (χ0) is 11.5. The highest BCUT2D eigenvalue weighted by Crippen LogP contribution is 2.29. The van der Waals surface area contributed by atoms with Crippen LogP contribution >= 0.6 is 0 Å². The van der Waals surface area contributed by atoms with Crippen LogP contribution in [0.2, 0.25) is 0 Å². The summed E-state index contributed by atoms with van der Waals surface area (Å²) in [7, 11) is 0. The number of hydrogen-bond acceptors (Lipinski definition) is 2. The molecule has 16 heavy (non-hydrogen) atoms. The lowest BCUT2D eigenvalue weighted by Gasteiger charge is -2.34. The van der Waals surface area contributed by atoms with E-state index in [1.54, 1.807) is 0 Å². The third kappa shape index (κ3) is 2.64. The average molecular weight is 221 g/mol. The van der Waals surface area contributed by atoms with Crippen molar-refractivity contribution in [1.29, 1.82) is 0 Å². The van der Waals surface area contributed by atoms with Gasteiger partial charge in [0, 0.05) is 18.4 Å². The molecule has 1 aromatic heterocycles. The third-order valence-corrected chi connectivity index (χ3v) is 3.83. The fraction of sp³-hybridized carbons (Fsp3) is 0.769. The Labute approximate surface area is 98.1 Å². The maximum atomic E-state index is 4.30. The number of nitrogens with zero attached hydrogens (tertiary/aromatic N) is 1. The molecule has 0 aliphatic heterocycles. The molecule has 1 aliphatic carbocycles. The molecule has 0 spiro atoms. The SMILES string of the molecule is CC1CCC(NC(C)c2ncc[nH]2)C(C)C1. The molecule has 1 aliphatic rings. The molecule has 4 atom stereocenters. The van der Waals surface area contributed by atoms with Gasteiger partial charge in [-0.1, -0.05) is 13.8 Å². The molecular weight excluding hydrogens is 198 g/mol. The molecular formula is C13H23N3. The molecule has 0 amide bonds. The summed E-state index contributed by atoms with van der Waals surface area (Å²) in [5.41, 5.74) is 0. The molecule has 1 heterocycles. The van der Waals surface area contributed by atoms with E-state index >= 15 is 0 Å². The molecule has 3 nitrogen and oxygen atoms in total. The van der Waals surface area contributed by atoms with Crippen molar-refractivity contribution >= 4 is 0 Å². The minimum absolute atomic E-state index is 0.329. The van der Waals surface area contributed by atoms with E-state index in [4.69, 9.17) is 0 Å². The monoisotopic (exact) mass is 221 g/mol. The van der Waals surface area contributed by atoms with E-state index in [0.29, 0.717) is 12.1 Å². The smallest absolute Gasteiger partial charge is 0.122 e. The van der Waals surface area contributed by atoms with Crippen LogP contribution in [0.15, 0.2) is 12.4 Å². The van der Waals surface area contributed by atoms with Crippen molar-refractivity contribution in [3.63, 3.8) is 0 Å². The number of aromatic nitrogens is 2. The van der Waals surface area contributed by atoms with Gasteiger partial charge in [-0.3, -0.25) is 0 Å². The first-order valence-corrected chi connectivity index (χ1v) is 6.42. The number of nitrogens with one attached hydrogen (secondary N) is 2. The van der Waals surface area contributed by atoms with E-state index in [9.17, 15) is 0 Å². The molecule has 1 aromatic rings. The minimum atomic E-state index is 0.329. The fourth-order valence-corrected chi connectivity index (χ4v) is 2.83. The number of hydrogen-bond donors (Lipinski definition) is 2. The van der Waals surface area contributed by atoms with Crippen LogP contribution in [0.3, 0.4) is 0 Å². The van der Waals surface area contributed by atoms with Gasteiger partial charge in [-0.05, 0) is 38.0 Å². The van der Waals surface area contributed by atoms with E-state index in [0.717, 1.165) is 17.7 Å². The van der Waals surface area contributed by atoms with Crippen molar-refractivity contribution in [3.05, 3.63) is 18.2 Å². The lowest BCUT2D eigenvalue weighted by molar-refractivity contribution is 0.215. The molecule has 4 unspecified atom stereocenters. The maximum Gasteiger partial charge on any atom is 0.122 e. The number of imidazole rings is 1. The Morgan fingerprint density at radius 3 is 2.88 bits per heavy atom. The van der Waals surface area contributed by atoms with Crippen LogP contribution in [0, 0.1) is 11.8 Å². The topological polar surface area (TPSA) is 40.7 Å². The maximum absolute atomic E-state index is 4.30. The molecule has 0 radical (unpaired) electrons. The van der Waals surface area contributed by atoms with Crippen molar-refractivity contribution in [1.82, 2.24) is 15.3 Å². The second-order valence-electron chi connectivity index (χ2n) is 5.36. The Kier molecular flexibility index (Phi) is 3.64. The predicted octanol–water partition coefficient (Wildman–Crippen LogP) is 2.89. The Bertz CT molecular complexity index is 307. The van der Waals surface area contributed by atoms with Crippen molar-refractivity contribution in [2.24, 2.45) is 11.8 Å². The Morgan fingerprint density at radius 2 is 2.25 bits per heavy atom. The summed E-state index contributed by atoms with van der Waals surface area (Å²) < 4.78 is 0. The summed E-state index contributed by atoms with van der Waals surface area (Å²) in [5.74, 6) is 2.72. The standard InChI is InChI=1S/C13H23N3/c1-9-4-5-12(10(2)8-9)16-11(3)13-14-6-7-15-13/h6-7,9-12,16H,4-5,8H2,1-3H3,(H,14,15). The molecule has 0 saturated heterocycles. The van der Waals surface area contributed by atoms with Gasteiger partial charge in [0.05, 0.1) is 6.04 Å². The molecule has 0 aromatic carbocycles. The van der Waals surface area contributed by atoms with Crippen molar-refractivity contribution in [2.75, 3.05) is 0 Å². The summed E-state index contributed by atoms with van der Waals surface area (Å²) in [6.45, 7) is 6.91. The lowest BCUT2D eigenvalue weighted by Crippen LogP contribution is -2.40. The summed E-state index contributed by atoms with van der Waals surface area (Å²) in [6.07, 6.45) is 7.71. The van der Waals surface area contributed by atoms with Crippen LogP contribution in [0.5, 0.6) is 0 Å². The van der Waals surface area contributed by atoms with E-state index in [1.165, 1.54) is 19.3 Å². The predicted molar refractivity (Wildman–Crippen MR) is 66.1 cm³/mol. The van der Waals surface area contributed by atoms with Gasteiger partial charge >= 0.3 is 0 Å². The highest BCUT2D eigenvalue weighted by molar-refractivity contribution is 4.95. The van der Waals surface area contributed by atoms with Crippen LogP contribution < -0.4 is 5.32 Å². The first kappa shape index (κ1) is 11.6. The van der Waals surface area contributed by atoms with Crippen LogP contribution in [0.1, 0.15) is 51.9 Å². The highest BCUT2D eigenvalue weighted by Gasteiger charge is 2.26. The Balaban J connectivity index is 1.89. The summed E-state index contributed by atoms with van der Waals surface area (Å²) in [4.78, 5) is 7.48. The van der Waals surface area contributed by atoms with Crippen LogP contribution in [-0.2, 0) is 0 Å². The van der Waals surface area contributed by atoms with Crippen LogP contribution in [-0.4, -0.2) is 16.0 Å². The van der Waals surface area contributed by atoms with Gasteiger partial charge in [-0.2, -0.15) is 0 Å². The molecule has 2 N–H and O–H groups in total. The summed E-state index contributed by atoms with van der Waals surface area (Å²) >= 11 is 0. The van der Waals surface area contributed by atoms with Gasteiger partial charge in [0.2, 0.25) is 0 Å². The molecule has 1 saturated carbocycles. The van der Waals surface area contributed by atoms with Crippen molar-refractivity contribution in [3.8, 4) is 0 Å². The van der Waals surface area contributed by atoms with Gasteiger partial charge in [-0.25, -0.2) is 4.98 Å². The molecule has 90 valence electrons. The zero-order valence-electron chi connectivity index (χ0n) is 10.5. The number of H-pyrrole nitrogens is 1. The summed E-state index contributed by atoms with van der Waals surface area (Å²) in [5, 5.41) is 3.70. The van der Waals surface area contributed by atoms with Gasteiger partial charge in [0.15, 0.2) is 0 Å². The van der Waals surface area contributed by atoms with E-state index in [2.05, 4.69) is 36.1 Å². The fourth-order valence-electron chi connectivity index (χ4n) is 2.83. The lowest BCUT2D eigenvalue weighted by atomic mass is 9.79. The second kappa shape index (κ2) is 5.00. The van der Waals surface area contributed by atoms with Crippen LogP contribution in [0.25, 0.3) is 0 Å². The highest BCUT2D eigenvalue weighted by atomic mass is 15.0. The Hall–Kier alpha value is -0.830. The van der Waals surface area contributed by atoms with E-state index in [1.807, 2.05) is 12.4 Å². The Morgan fingerprint density at radius 1 is 1.44 bits per heavy atom. The minimum Gasteiger partial charge on any atom is -0.347 e. The molecule has 2 rings (SSSR count).